The van der Waals surface area contributed by atoms with Crippen LogP contribution in [-0.2, 0) is 4.79 Å². The summed E-state index contributed by atoms with van der Waals surface area (Å²) in [7, 11) is 0. The SMILES string of the molecule is CC(C)CNC(=O)C(C)N1CC(CCN)c2ccccc21. The number of para-hydroxylation sites is 1. The molecular formula is C17H27N3O. The van der Waals surface area contributed by atoms with E-state index in [0.717, 1.165) is 19.5 Å². The molecule has 1 aliphatic rings. The van der Waals surface area contributed by atoms with Crippen molar-refractivity contribution in [2.24, 2.45) is 11.7 Å². The fourth-order valence-corrected chi connectivity index (χ4v) is 2.94. The molecule has 2 unspecified atom stereocenters. The van der Waals surface area contributed by atoms with Crippen molar-refractivity contribution in [3.63, 3.8) is 0 Å². The van der Waals surface area contributed by atoms with Crippen molar-refractivity contribution in [3.8, 4) is 0 Å². The van der Waals surface area contributed by atoms with Crippen LogP contribution in [0.15, 0.2) is 24.3 Å². The van der Waals surface area contributed by atoms with Gasteiger partial charge in [-0.05, 0) is 37.4 Å². The zero-order chi connectivity index (χ0) is 15.4. The molecule has 3 N–H and O–H groups in total. The number of hydrogen-bond donors (Lipinski definition) is 2. The summed E-state index contributed by atoms with van der Waals surface area (Å²) in [5.41, 5.74) is 8.24. The number of nitrogens with two attached hydrogens (primary N) is 1. The molecule has 1 aromatic rings. The third-order valence-corrected chi connectivity index (χ3v) is 4.15. The van der Waals surface area contributed by atoms with E-state index in [4.69, 9.17) is 5.73 Å². The van der Waals surface area contributed by atoms with Gasteiger partial charge in [0.1, 0.15) is 6.04 Å². The average Bonchev–Trinajstić information content (AvgIpc) is 2.83. The van der Waals surface area contributed by atoms with Crippen molar-refractivity contribution in [1.29, 1.82) is 0 Å². The minimum atomic E-state index is -0.146. The van der Waals surface area contributed by atoms with Crippen LogP contribution in [0.25, 0.3) is 0 Å². The molecule has 0 spiro atoms. The molecule has 4 heteroatoms. The van der Waals surface area contributed by atoms with Gasteiger partial charge in [-0.3, -0.25) is 4.79 Å². The summed E-state index contributed by atoms with van der Waals surface area (Å²) in [5.74, 6) is 1.01. The maximum Gasteiger partial charge on any atom is 0.242 e. The minimum absolute atomic E-state index is 0.104. The van der Waals surface area contributed by atoms with Crippen LogP contribution in [0, 0.1) is 5.92 Å². The topological polar surface area (TPSA) is 58.4 Å². The maximum atomic E-state index is 12.3. The number of nitrogens with zero attached hydrogens (tertiary/aromatic N) is 1. The number of hydrogen-bond acceptors (Lipinski definition) is 3. The molecule has 1 aliphatic heterocycles. The van der Waals surface area contributed by atoms with Crippen molar-refractivity contribution in [2.45, 2.75) is 39.2 Å². The van der Waals surface area contributed by atoms with E-state index in [2.05, 4.69) is 42.3 Å². The van der Waals surface area contributed by atoms with Gasteiger partial charge in [-0.2, -0.15) is 0 Å². The molecule has 0 fully saturated rings. The van der Waals surface area contributed by atoms with E-state index in [1.807, 2.05) is 13.0 Å². The number of amides is 1. The third kappa shape index (κ3) is 3.56. The smallest absolute Gasteiger partial charge is 0.242 e. The first kappa shape index (κ1) is 15.8. The number of nitrogens with one attached hydrogen (secondary N) is 1. The van der Waals surface area contributed by atoms with Gasteiger partial charge >= 0.3 is 0 Å². The molecule has 0 aromatic heterocycles. The number of rotatable bonds is 6. The Bertz CT molecular complexity index is 487. The van der Waals surface area contributed by atoms with Gasteiger partial charge in [0.05, 0.1) is 0 Å². The first-order valence-corrected chi connectivity index (χ1v) is 7.88. The quantitative estimate of drug-likeness (QED) is 0.843. The molecule has 0 bridgehead atoms. The van der Waals surface area contributed by atoms with Gasteiger partial charge in [0, 0.05) is 24.7 Å². The van der Waals surface area contributed by atoms with E-state index in [1.165, 1.54) is 11.3 Å². The van der Waals surface area contributed by atoms with E-state index in [0.29, 0.717) is 18.4 Å². The fraction of sp³-hybridized carbons (Fsp3) is 0.588. The maximum absolute atomic E-state index is 12.3. The Hall–Kier alpha value is -1.55. The Morgan fingerprint density at radius 3 is 2.76 bits per heavy atom. The minimum Gasteiger partial charge on any atom is -0.359 e. The Labute approximate surface area is 127 Å². The van der Waals surface area contributed by atoms with Crippen LogP contribution >= 0.6 is 0 Å². The van der Waals surface area contributed by atoms with Crippen LogP contribution < -0.4 is 16.0 Å². The van der Waals surface area contributed by atoms with Crippen LogP contribution in [0.4, 0.5) is 5.69 Å². The van der Waals surface area contributed by atoms with E-state index < -0.39 is 0 Å². The van der Waals surface area contributed by atoms with Gasteiger partial charge < -0.3 is 16.0 Å². The highest BCUT2D eigenvalue weighted by Gasteiger charge is 2.33. The molecule has 1 amide bonds. The van der Waals surface area contributed by atoms with Crippen molar-refractivity contribution in [2.75, 3.05) is 24.5 Å². The zero-order valence-electron chi connectivity index (χ0n) is 13.3. The van der Waals surface area contributed by atoms with Crippen molar-refractivity contribution >= 4 is 11.6 Å². The summed E-state index contributed by atoms with van der Waals surface area (Å²) in [6, 6.07) is 8.23. The van der Waals surface area contributed by atoms with Gasteiger partial charge in [-0.25, -0.2) is 0 Å². The lowest BCUT2D eigenvalue weighted by atomic mass is 9.98. The second-order valence-electron chi connectivity index (χ2n) is 6.30. The summed E-state index contributed by atoms with van der Waals surface area (Å²) in [6.45, 7) is 8.48. The number of benzene rings is 1. The summed E-state index contributed by atoms with van der Waals surface area (Å²) < 4.78 is 0. The highest BCUT2D eigenvalue weighted by Crippen LogP contribution is 2.38. The first-order chi connectivity index (χ1) is 10.0. The van der Waals surface area contributed by atoms with Gasteiger partial charge in [0.2, 0.25) is 5.91 Å². The van der Waals surface area contributed by atoms with Crippen LogP contribution in [-0.4, -0.2) is 31.6 Å². The third-order valence-electron chi connectivity index (χ3n) is 4.15. The summed E-state index contributed by atoms with van der Waals surface area (Å²) in [6.07, 6.45) is 0.966. The Morgan fingerprint density at radius 1 is 1.38 bits per heavy atom. The molecule has 0 saturated heterocycles. The van der Waals surface area contributed by atoms with Gasteiger partial charge in [-0.15, -0.1) is 0 Å². The fourth-order valence-electron chi connectivity index (χ4n) is 2.94. The predicted octanol–water partition coefficient (Wildman–Crippen LogP) is 2.10. The molecule has 0 saturated carbocycles. The highest BCUT2D eigenvalue weighted by molar-refractivity contribution is 5.85. The molecule has 0 aliphatic carbocycles. The molecular weight excluding hydrogens is 262 g/mol. The summed E-state index contributed by atoms with van der Waals surface area (Å²) >= 11 is 0. The van der Waals surface area contributed by atoms with Gasteiger partial charge in [-0.1, -0.05) is 32.0 Å². The predicted molar refractivity (Wildman–Crippen MR) is 87.5 cm³/mol. The number of anilines is 1. The average molecular weight is 289 g/mol. The largest absolute Gasteiger partial charge is 0.359 e. The van der Waals surface area contributed by atoms with E-state index in [-0.39, 0.29) is 11.9 Å². The second kappa shape index (κ2) is 6.94. The lowest BCUT2D eigenvalue weighted by Gasteiger charge is -2.27. The second-order valence-corrected chi connectivity index (χ2v) is 6.30. The Morgan fingerprint density at radius 2 is 2.10 bits per heavy atom. The molecule has 2 atom stereocenters. The zero-order valence-corrected chi connectivity index (χ0v) is 13.3. The highest BCUT2D eigenvalue weighted by atomic mass is 16.2. The molecule has 4 nitrogen and oxygen atoms in total. The van der Waals surface area contributed by atoms with Crippen LogP contribution in [0.1, 0.15) is 38.7 Å². The van der Waals surface area contributed by atoms with Gasteiger partial charge in [0.15, 0.2) is 0 Å². The van der Waals surface area contributed by atoms with E-state index in [9.17, 15) is 4.79 Å². The van der Waals surface area contributed by atoms with Crippen LogP contribution in [0.2, 0.25) is 0 Å². The van der Waals surface area contributed by atoms with Crippen LogP contribution in [0.3, 0.4) is 0 Å². The number of carbonyl (C=O) groups excluding carboxylic acids is 1. The first-order valence-electron chi connectivity index (χ1n) is 7.88. The van der Waals surface area contributed by atoms with Crippen molar-refractivity contribution < 1.29 is 4.79 Å². The van der Waals surface area contributed by atoms with Crippen molar-refractivity contribution in [3.05, 3.63) is 29.8 Å². The van der Waals surface area contributed by atoms with E-state index in [1.54, 1.807) is 0 Å². The number of fused-ring (bicyclic) bond motifs is 1. The molecule has 2 rings (SSSR count). The summed E-state index contributed by atoms with van der Waals surface area (Å²) in [5, 5.41) is 3.03. The van der Waals surface area contributed by atoms with E-state index >= 15 is 0 Å². The van der Waals surface area contributed by atoms with Gasteiger partial charge in [0.25, 0.3) is 0 Å². The lowest BCUT2D eigenvalue weighted by Crippen LogP contribution is -2.45. The molecule has 0 radical (unpaired) electrons. The molecule has 1 heterocycles. The molecule has 21 heavy (non-hydrogen) atoms. The monoisotopic (exact) mass is 289 g/mol. The standard InChI is InChI=1S/C17H27N3O/c1-12(2)10-19-17(21)13(3)20-11-14(8-9-18)15-6-4-5-7-16(15)20/h4-7,12-14H,8-11,18H2,1-3H3,(H,19,21). The Balaban J connectivity index is 2.11. The molecule has 116 valence electrons. The number of carbonyl (C=O) groups is 1. The summed E-state index contributed by atoms with van der Waals surface area (Å²) in [4.78, 5) is 14.5. The lowest BCUT2D eigenvalue weighted by molar-refractivity contribution is -0.122. The van der Waals surface area contributed by atoms with Crippen LogP contribution in [0.5, 0.6) is 0 Å². The Kier molecular flexibility index (Phi) is 5.23. The molecule has 1 aromatic carbocycles. The van der Waals surface area contributed by atoms with Crippen molar-refractivity contribution in [1.82, 2.24) is 5.32 Å². The normalized spacial score (nSPS) is 18.7.